The number of aromatic nitrogens is 2. The van der Waals surface area contributed by atoms with Gasteiger partial charge in [-0.15, -0.1) is 0 Å². The van der Waals surface area contributed by atoms with Crippen LogP contribution in [-0.2, 0) is 16.5 Å². The number of fused-ring (bicyclic) bond motifs is 3. The van der Waals surface area contributed by atoms with Gasteiger partial charge in [-0.3, -0.25) is 0 Å². The van der Waals surface area contributed by atoms with E-state index in [1.807, 2.05) is 30.5 Å². The second-order valence-electron chi connectivity index (χ2n) is 11.2. The first-order valence-electron chi connectivity index (χ1n) is 12.7. The van der Waals surface area contributed by atoms with Crippen molar-refractivity contribution < 1.29 is 25.8 Å². The molecule has 2 N–H and O–H groups in total. The van der Waals surface area contributed by atoms with Crippen LogP contribution >= 0.6 is 20.7 Å². The number of aromatic amines is 1. The van der Waals surface area contributed by atoms with Gasteiger partial charge >= 0.3 is 15.6 Å². The fourth-order valence-corrected chi connectivity index (χ4v) is 6.50. The van der Waals surface area contributed by atoms with Crippen molar-refractivity contribution in [3.8, 4) is 28.1 Å². The molecule has 2 heterocycles. The van der Waals surface area contributed by atoms with Crippen molar-refractivity contribution in [2.45, 2.75) is 57.0 Å². The Bertz CT molecular complexity index is 1470. The quantitative estimate of drug-likeness (QED) is 0.131. The second-order valence-corrected chi connectivity index (χ2v) is 12.7. The van der Waals surface area contributed by atoms with Gasteiger partial charge in [0.25, 0.3) is 0 Å². The van der Waals surface area contributed by atoms with Gasteiger partial charge in [0.05, 0.1) is 17.9 Å². The van der Waals surface area contributed by atoms with Gasteiger partial charge < -0.3 is 14.5 Å². The first kappa shape index (κ1) is 28.5. The molecular formula is C27H31F3N3O3PS2. The third kappa shape index (κ3) is 5.35. The summed E-state index contributed by atoms with van der Waals surface area (Å²) in [5, 5.41) is 3.52. The predicted molar refractivity (Wildman–Crippen MR) is 152 cm³/mol. The van der Waals surface area contributed by atoms with Crippen LogP contribution in [0.15, 0.2) is 42.6 Å². The molecule has 1 saturated carbocycles. The number of imidazole rings is 1. The van der Waals surface area contributed by atoms with Gasteiger partial charge in [0, 0.05) is 12.1 Å². The van der Waals surface area contributed by atoms with E-state index >= 15 is 0 Å². The number of halogens is 3. The average Bonchev–Trinajstić information content (AvgIpc) is 3.56. The monoisotopic (exact) mass is 597 g/mol. The number of hydrogen-bond acceptors (Lipinski definition) is 6. The summed E-state index contributed by atoms with van der Waals surface area (Å²) in [5.41, 5.74) is -0.0128. The minimum atomic E-state index is -5.73. The standard InChI is InChI=1S/C27H28F3N3O3S.H3PS/c1-26(2)12-21(32-14-26)25-31-13-22(33-25)16-5-3-15(4-6-16)18-9-10-23(36-37(34,35)27(28,29)30)20-11-17-7-8-19(17)24(18)20;1-2/h3-6,9-10,13,17,19,21,32H,7-8,11-12,14H2,1-2H3,(H,31,33);2H,1H2. The van der Waals surface area contributed by atoms with Gasteiger partial charge in [-0.05, 0) is 71.3 Å². The average molecular weight is 598 g/mol. The van der Waals surface area contributed by atoms with Crippen LogP contribution in [0.2, 0.25) is 0 Å². The van der Waals surface area contributed by atoms with Gasteiger partial charge in [-0.2, -0.15) is 33.8 Å². The first-order chi connectivity index (χ1) is 18.4. The van der Waals surface area contributed by atoms with E-state index < -0.39 is 15.6 Å². The lowest BCUT2D eigenvalue weighted by Crippen LogP contribution is -2.28. The van der Waals surface area contributed by atoms with E-state index in [1.165, 1.54) is 6.07 Å². The first-order valence-corrected chi connectivity index (χ1v) is 16.2. The number of nitrogens with one attached hydrogen (secondary N) is 2. The number of rotatable bonds is 5. The molecule has 4 atom stereocenters. The predicted octanol–water partition coefficient (Wildman–Crippen LogP) is 6.79. The number of nitrogens with zero attached hydrogens (tertiary/aromatic N) is 1. The highest BCUT2D eigenvalue weighted by atomic mass is 32.7. The highest BCUT2D eigenvalue weighted by Crippen LogP contribution is 2.56. The molecule has 2 aliphatic carbocycles. The SMILES string of the molecule is CC1(C)CNC(c2ncc(-c3ccc(-c4ccc(OS(=O)(=O)C(F)(F)F)c5c4C4CCC4C5)cc3)[nH]2)C1.PS. The molecule has 3 aromatic rings. The Balaban J connectivity index is 0.00000151. The largest absolute Gasteiger partial charge is 0.534 e. The van der Waals surface area contributed by atoms with Crippen LogP contribution in [0, 0.1) is 11.3 Å². The lowest BCUT2D eigenvalue weighted by Gasteiger charge is -2.31. The van der Waals surface area contributed by atoms with E-state index in [-0.39, 0.29) is 23.1 Å². The molecule has 0 amide bonds. The Kier molecular flexibility index (Phi) is 7.59. The molecule has 1 aliphatic heterocycles. The van der Waals surface area contributed by atoms with Crippen LogP contribution in [0.4, 0.5) is 13.2 Å². The highest BCUT2D eigenvalue weighted by molar-refractivity contribution is 8.31. The second kappa shape index (κ2) is 10.4. The van der Waals surface area contributed by atoms with Gasteiger partial charge in [0.15, 0.2) is 0 Å². The van der Waals surface area contributed by atoms with Crippen molar-refractivity contribution in [3.63, 3.8) is 0 Å². The van der Waals surface area contributed by atoms with Gasteiger partial charge in [-0.1, -0.05) is 52.6 Å². The molecule has 0 radical (unpaired) electrons. The summed E-state index contributed by atoms with van der Waals surface area (Å²) >= 11 is 3.44. The minimum Gasteiger partial charge on any atom is -0.376 e. The number of alkyl halides is 3. The normalized spacial score (nSPS) is 23.3. The van der Waals surface area contributed by atoms with Gasteiger partial charge in [0.2, 0.25) is 0 Å². The van der Waals surface area contributed by atoms with Gasteiger partial charge in [-0.25, -0.2) is 4.98 Å². The fourth-order valence-electron chi connectivity index (χ4n) is 6.01. The van der Waals surface area contributed by atoms with Crippen molar-refractivity contribution in [3.05, 3.63) is 59.5 Å². The Hall–Kier alpha value is -2.07. The molecule has 3 aliphatic rings. The summed E-state index contributed by atoms with van der Waals surface area (Å²) in [6, 6.07) is 11.2. The van der Waals surface area contributed by atoms with Crippen molar-refractivity contribution in [1.82, 2.24) is 15.3 Å². The maximum absolute atomic E-state index is 13.0. The molecule has 2 fully saturated rings. The minimum absolute atomic E-state index is 0.197. The van der Waals surface area contributed by atoms with E-state index in [0.717, 1.165) is 59.6 Å². The van der Waals surface area contributed by atoms with E-state index in [1.54, 1.807) is 6.07 Å². The summed E-state index contributed by atoms with van der Waals surface area (Å²) < 4.78 is 66.8. The van der Waals surface area contributed by atoms with Crippen LogP contribution in [-0.4, -0.2) is 30.4 Å². The molecule has 1 saturated heterocycles. The molecule has 0 spiro atoms. The fraction of sp³-hybridized carbons (Fsp3) is 0.444. The zero-order valence-electron chi connectivity index (χ0n) is 21.5. The molecular weight excluding hydrogens is 566 g/mol. The van der Waals surface area contributed by atoms with Crippen molar-refractivity contribution in [2.75, 3.05) is 6.54 Å². The molecule has 6 nitrogen and oxygen atoms in total. The molecule has 12 heteroatoms. The van der Waals surface area contributed by atoms with Crippen molar-refractivity contribution >= 4 is 30.8 Å². The Morgan fingerprint density at radius 3 is 2.36 bits per heavy atom. The molecule has 0 bridgehead atoms. The van der Waals surface area contributed by atoms with E-state index in [0.29, 0.717) is 17.9 Å². The maximum atomic E-state index is 13.0. The highest BCUT2D eigenvalue weighted by Gasteiger charge is 2.50. The van der Waals surface area contributed by atoms with Crippen molar-refractivity contribution in [1.29, 1.82) is 0 Å². The number of H-pyrrole nitrogens is 1. The molecule has 2 aromatic carbocycles. The van der Waals surface area contributed by atoms with Crippen molar-refractivity contribution in [2.24, 2.45) is 11.3 Å². The summed E-state index contributed by atoms with van der Waals surface area (Å²) in [7, 11) is -3.61. The number of thiol groups is 1. The zero-order chi connectivity index (χ0) is 28.2. The number of hydrogen-bond donors (Lipinski definition) is 3. The lowest BCUT2D eigenvalue weighted by molar-refractivity contribution is -0.0500. The maximum Gasteiger partial charge on any atom is 0.534 e. The van der Waals surface area contributed by atoms with E-state index in [4.69, 9.17) is 0 Å². The van der Waals surface area contributed by atoms with Crippen LogP contribution in [0.1, 0.15) is 62.0 Å². The van der Waals surface area contributed by atoms with E-state index in [9.17, 15) is 21.6 Å². The summed E-state index contributed by atoms with van der Waals surface area (Å²) in [6.07, 6.45) is 5.27. The van der Waals surface area contributed by atoms with Gasteiger partial charge in [0.1, 0.15) is 11.6 Å². The van der Waals surface area contributed by atoms with Crippen LogP contribution in [0.3, 0.4) is 0 Å². The van der Waals surface area contributed by atoms with E-state index in [2.05, 4.69) is 54.0 Å². The third-order valence-electron chi connectivity index (χ3n) is 8.07. The van der Waals surface area contributed by atoms with Crippen LogP contribution < -0.4 is 9.50 Å². The summed E-state index contributed by atoms with van der Waals surface area (Å²) in [4.78, 5) is 8.02. The molecule has 210 valence electrons. The zero-order valence-corrected chi connectivity index (χ0v) is 24.4. The smallest absolute Gasteiger partial charge is 0.376 e. The lowest BCUT2D eigenvalue weighted by atomic mass is 9.73. The molecule has 6 rings (SSSR count). The molecule has 39 heavy (non-hydrogen) atoms. The molecule has 1 aromatic heterocycles. The molecule has 4 unspecified atom stereocenters. The summed E-state index contributed by atoms with van der Waals surface area (Å²) in [5.74, 6) is 1.22. The van der Waals surface area contributed by atoms with Crippen LogP contribution in [0.25, 0.3) is 22.4 Å². The Labute approximate surface area is 234 Å². The third-order valence-corrected chi connectivity index (χ3v) is 9.03. The Morgan fingerprint density at radius 1 is 1.08 bits per heavy atom. The number of benzene rings is 2. The van der Waals surface area contributed by atoms with Crippen LogP contribution in [0.5, 0.6) is 5.75 Å². The summed E-state index contributed by atoms with van der Waals surface area (Å²) in [6.45, 7) is 5.42. The Morgan fingerprint density at radius 2 is 1.77 bits per heavy atom. The topological polar surface area (TPSA) is 84.1 Å².